The number of aliphatic hydroxyl groups excluding tert-OH is 1. The zero-order valence-corrected chi connectivity index (χ0v) is 16.4. The van der Waals surface area contributed by atoms with E-state index in [0.717, 1.165) is 10.0 Å². The lowest BCUT2D eigenvalue weighted by atomic mass is 10.1. The molecule has 0 spiro atoms. The number of rotatable bonds is 3. The molecule has 3 rings (SSSR count). The van der Waals surface area contributed by atoms with Crippen LogP contribution in [-0.4, -0.2) is 24.0 Å². The molecular formula is C20H18BrFN2O3. The van der Waals surface area contributed by atoms with Crippen LogP contribution in [0.25, 0.3) is 5.76 Å². The van der Waals surface area contributed by atoms with E-state index in [1.807, 2.05) is 0 Å². The molecule has 2 amide bonds. The standard InChI is InChI=1S/C20H18BrFN2O3/c1-11-7-12(3-6-16(11)22)10-24-17-8-13(21)4-5-14(17)19(26)15(9-18(24)25)20(27)23-2/h3-8,26H,9-10H2,1-2H3,(H,23,27). The van der Waals surface area contributed by atoms with Gasteiger partial charge in [0.2, 0.25) is 5.91 Å². The molecule has 0 bridgehead atoms. The van der Waals surface area contributed by atoms with Crippen molar-refractivity contribution in [2.24, 2.45) is 0 Å². The van der Waals surface area contributed by atoms with Gasteiger partial charge in [0, 0.05) is 17.1 Å². The predicted octanol–water partition coefficient (Wildman–Crippen LogP) is 3.85. The Morgan fingerprint density at radius 2 is 2.04 bits per heavy atom. The van der Waals surface area contributed by atoms with Crippen molar-refractivity contribution in [2.45, 2.75) is 19.9 Å². The largest absolute Gasteiger partial charge is 0.507 e. The minimum atomic E-state index is -0.505. The molecule has 0 aliphatic carbocycles. The maximum Gasteiger partial charge on any atom is 0.251 e. The van der Waals surface area contributed by atoms with Crippen molar-refractivity contribution >= 4 is 39.2 Å². The zero-order valence-electron chi connectivity index (χ0n) is 14.8. The number of hydrogen-bond donors (Lipinski definition) is 2. The number of hydrogen-bond acceptors (Lipinski definition) is 3. The van der Waals surface area contributed by atoms with E-state index in [4.69, 9.17) is 0 Å². The van der Waals surface area contributed by atoms with E-state index < -0.39 is 5.91 Å². The van der Waals surface area contributed by atoms with Crippen molar-refractivity contribution in [3.63, 3.8) is 0 Å². The average Bonchev–Trinajstić information content (AvgIpc) is 2.74. The van der Waals surface area contributed by atoms with Gasteiger partial charge in [0.15, 0.2) is 0 Å². The summed E-state index contributed by atoms with van der Waals surface area (Å²) < 4.78 is 14.3. The first kappa shape index (κ1) is 19.1. The van der Waals surface area contributed by atoms with Crippen LogP contribution in [0.15, 0.2) is 46.4 Å². The van der Waals surface area contributed by atoms with Crippen molar-refractivity contribution < 1.29 is 19.1 Å². The molecule has 2 aromatic carbocycles. The Balaban J connectivity index is 2.10. The minimum Gasteiger partial charge on any atom is -0.507 e. The number of aliphatic hydroxyl groups is 1. The summed E-state index contributed by atoms with van der Waals surface area (Å²) in [6, 6.07) is 9.75. The Bertz CT molecular complexity index is 972. The van der Waals surface area contributed by atoms with Gasteiger partial charge in [-0.1, -0.05) is 28.1 Å². The second kappa shape index (κ2) is 7.52. The second-order valence-corrected chi connectivity index (χ2v) is 7.22. The van der Waals surface area contributed by atoms with Crippen LogP contribution in [0.1, 0.15) is 23.1 Å². The van der Waals surface area contributed by atoms with Crippen LogP contribution >= 0.6 is 15.9 Å². The van der Waals surface area contributed by atoms with Crippen molar-refractivity contribution in [3.8, 4) is 0 Å². The maximum atomic E-state index is 13.6. The summed E-state index contributed by atoms with van der Waals surface area (Å²) in [5, 5.41) is 13.1. The highest BCUT2D eigenvalue weighted by Crippen LogP contribution is 2.36. The summed E-state index contributed by atoms with van der Waals surface area (Å²) in [4.78, 5) is 26.6. The molecule has 5 nitrogen and oxygen atoms in total. The molecule has 0 unspecified atom stereocenters. The Labute approximate surface area is 164 Å². The number of carbonyl (C=O) groups excluding carboxylic acids is 2. The molecule has 2 aromatic rings. The van der Waals surface area contributed by atoms with Crippen molar-refractivity contribution in [1.29, 1.82) is 0 Å². The van der Waals surface area contributed by atoms with Gasteiger partial charge in [-0.05, 0) is 42.3 Å². The third-order valence-corrected chi connectivity index (χ3v) is 4.98. The Morgan fingerprint density at radius 3 is 2.70 bits per heavy atom. The van der Waals surface area contributed by atoms with Gasteiger partial charge < -0.3 is 15.3 Å². The smallest absolute Gasteiger partial charge is 0.251 e. The molecular weight excluding hydrogens is 415 g/mol. The Morgan fingerprint density at radius 1 is 1.30 bits per heavy atom. The van der Waals surface area contributed by atoms with Gasteiger partial charge in [-0.25, -0.2) is 4.39 Å². The molecule has 2 N–H and O–H groups in total. The number of aryl methyl sites for hydroxylation is 1. The molecule has 0 fully saturated rings. The average molecular weight is 433 g/mol. The van der Waals surface area contributed by atoms with Crippen LogP contribution in [0, 0.1) is 12.7 Å². The van der Waals surface area contributed by atoms with Crippen molar-refractivity contribution in [2.75, 3.05) is 11.9 Å². The summed E-state index contributed by atoms with van der Waals surface area (Å²) in [5.41, 5.74) is 2.12. The van der Waals surface area contributed by atoms with E-state index in [2.05, 4.69) is 21.2 Å². The van der Waals surface area contributed by atoms with Crippen LogP contribution in [-0.2, 0) is 16.1 Å². The van der Waals surface area contributed by atoms with Crippen LogP contribution < -0.4 is 10.2 Å². The van der Waals surface area contributed by atoms with Crippen LogP contribution in [0.2, 0.25) is 0 Å². The van der Waals surface area contributed by atoms with Gasteiger partial charge >= 0.3 is 0 Å². The Hall–Kier alpha value is -2.67. The van der Waals surface area contributed by atoms with E-state index in [0.29, 0.717) is 16.8 Å². The number of halogens is 2. The first-order valence-electron chi connectivity index (χ1n) is 8.31. The second-order valence-electron chi connectivity index (χ2n) is 6.31. The molecule has 0 radical (unpaired) electrons. The first-order valence-corrected chi connectivity index (χ1v) is 9.10. The number of fused-ring (bicyclic) bond motifs is 1. The number of likely N-dealkylation sites (N-methyl/N-ethyl adjacent to an activating group) is 1. The molecule has 1 heterocycles. The quantitative estimate of drug-likeness (QED) is 0.773. The lowest BCUT2D eigenvalue weighted by molar-refractivity contribution is -0.121. The maximum absolute atomic E-state index is 13.6. The minimum absolute atomic E-state index is 0.0175. The first-order chi connectivity index (χ1) is 12.8. The highest BCUT2D eigenvalue weighted by atomic mass is 79.9. The number of benzene rings is 2. The monoisotopic (exact) mass is 432 g/mol. The van der Waals surface area contributed by atoms with E-state index in [1.54, 1.807) is 37.3 Å². The fourth-order valence-electron chi connectivity index (χ4n) is 3.06. The predicted molar refractivity (Wildman–Crippen MR) is 105 cm³/mol. The van der Waals surface area contributed by atoms with E-state index >= 15 is 0 Å². The van der Waals surface area contributed by atoms with Crippen molar-refractivity contribution in [3.05, 3.63) is 69.0 Å². The molecule has 0 aromatic heterocycles. The number of nitrogens with zero attached hydrogens (tertiary/aromatic N) is 1. The summed E-state index contributed by atoms with van der Waals surface area (Å²) in [6.07, 6.45) is -0.238. The van der Waals surface area contributed by atoms with Crippen LogP contribution in [0.3, 0.4) is 0 Å². The zero-order chi connectivity index (χ0) is 19.7. The van der Waals surface area contributed by atoms with Crippen molar-refractivity contribution in [1.82, 2.24) is 5.32 Å². The summed E-state index contributed by atoms with van der Waals surface area (Å²) >= 11 is 3.38. The normalized spacial score (nSPS) is 14.1. The van der Waals surface area contributed by atoms with Crippen LogP contribution in [0.5, 0.6) is 0 Å². The topological polar surface area (TPSA) is 69.6 Å². The van der Waals surface area contributed by atoms with Gasteiger partial charge in [0.1, 0.15) is 11.6 Å². The van der Waals surface area contributed by atoms with Gasteiger partial charge in [-0.3, -0.25) is 9.59 Å². The molecule has 1 aliphatic rings. The van der Waals surface area contributed by atoms with E-state index in [9.17, 15) is 19.1 Å². The van der Waals surface area contributed by atoms with Crippen LogP contribution in [0.4, 0.5) is 10.1 Å². The van der Waals surface area contributed by atoms with Gasteiger partial charge in [-0.15, -0.1) is 0 Å². The van der Waals surface area contributed by atoms with E-state index in [-0.39, 0.29) is 36.0 Å². The fraction of sp³-hybridized carbons (Fsp3) is 0.200. The molecule has 1 aliphatic heterocycles. The highest BCUT2D eigenvalue weighted by molar-refractivity contribution is 9.10. The molecule has 0 atom stereocenters. The number of nitrogens with one attached hydrogen (secondary N) is 1. The molecule has 140 valence electrons. The molecule has 0 saturated carbocycles. The molecule has 27 heavy (non-hydrogen) atoms. The summed E-state index contributed by atoms with van der Waals surface area (Å²) in [6.45, 7) is 1.85. The third-order valence-electron chi connectivity index (χ3n) is 4.48. The summed E-state index contributed by atoms with van der Waals surface area (Å²) in [5.74, 6) is -1.37. The Kier molecular flexibility index (Phi) is 5.32. The lowest BCUT2D eigenvalue weighted by Crippen LogP contribution is -2.31. The third kappa shape index (κ3) is 3.73. The highest BCUT2D eigenvalue weighted by Gasteiger charge is 2.30. The number of anilines is 1. The van der Waals surface area contributed by atoms with Gasteiger partial charge in [-0.2, -0.15) is 0 Å². The lowest BCUT2D eigenvalue weighted by Gasteiger charge is -2.24. The molecule has 7 heteroatoms. The van der Waals surface area contributed by atoms with E-state index in [1.165, 1.54) is 18.0 Å². The fourth-order valence-corrected chi connectivity index (χ4v) is 3.40. The SMILES string of the molecule is CNC(=O)C1=C(O)c2ccc(Br)cc2N(Cc2ccc(F)c(C)c2)C(=O)C1. The number of carbonyl (C=O) groups is 2. The molecule has 0 saturated heterocycles. The van der Waals surface area contributed by atoms with Gasteiger partial charge in [0.05, 0.1) is 24.2 Å². The van der Waals surface area contributed by atoms with Gasteiger partial charge in [0.25, 0.3) is 5.91 Å². The number of amides is 2. The summed E-state index contributed by atoms with van der Waals surface area (Å²) in [7, 11) is 1.44.